The molecule has 0 aliphatic heterocycles. The zero-order chi connectivity index (χ0) is 21.4. The summed E-state index contributed by atoms with van der Waals surface area (Å²) in [4.78, 5) is 24.0. The van der Waals surface area contributed by atoms with Crippen LogP contribution in [0.25, 0.3) is 0 Å². The summed E-state index contributed by atoms with van der Waals surface area (Å²) in [5, 5.41) is 5.67. The molecule has 4 N–H and O–H groups in total. The van der Waals surface area contributed by atoms with Crippen molar-refractivity contribution in [1.29, 1.82) is 0 Å². The number of anilines is 1. The lowest BCUT2D eigenvalue weighted by Gasteiger charge is -2.25. The minimum atomic E-state index is -0.538. The number of hydrogen-bond acceptors (Lipinski definition) is 4. The molecule has 0 spiro atoms. The number of aryl methyl sites for hydroxylation is 1. The lowest BCUT2D eigenvalue weighted by atomic mass is 9.87. The first-order valence-corrected chi connectivity index (χ1v) is 9.77. The van der Waals surface area contributed by atoms with Gasteiger partial charge in [0.15, 0.2) is 6.61 Å². The third-order valence-electron chi connectivity index (χ3n) is 4.56. The van der Waals surface area contributed by atoms with E-state index in [-0.39, 0.29) is 36.2 Å². The van der Waals surface area contributed by atoms with Gasteiger partial charge in [0.1, 0.15) is 5.75 Å². The first-order chi connectivity index (χ1) is 13.6. The highest BCUT2D eigenvalue weighted by molar-refractivity contribution is 5.91. The molecule has 2 rings (SSSR count). The SMILES string of the molecule is Cc1ccc(NC(=O)COc2ccc(CCNC(=O)[C@@H](N)C(C)(C)C)cc2)cc1.Cl. The van der Waals surface area contributed by atoms with Crippen LogP contribution in [0.3, 0.4) is 0 Å². The number of nitrogens with two attached hydrogens (primary N) is 1. The summed E-state index contributed by atoms with van der Waals surface area (Å²) in [6.07, 6.45) is 0.691. The smallest absolute Gasteiger partial charge is 0.262 e. The quantitative estimate of drug-likeness (QED) is 0.594. The molecule has 0 radical (unpaired) electrons. The Balaban J connectivity index is 0.00000450. The molecule has 0 unspecified atom stereocenters. The largest absolute Gasteiger partial charge is 0.484 e. The van der Waals surface area contributed by atoms with Crippen LogP contribution in [0.1, 0.15) is 31.9 Å². The van der Waals surface area contributed by atoms with Gasteiger partial charge in [0.05, 0.1) is 6.04 Å². The summed E-state index contributed by atoms with van der Waals surface area (Å²) in [7, 11) is 0. The lowest BCUT2D eigenvalue weighted by molar-refractivity contribution is -0.124. The summed E-state index contributed by atoms with van der Waals surface area (Å²) >= 11 is 0. The minimum absolute atomic E-state index is 0. The maximum Gasteiger partial charge on any atom is 0.262 e. The van der Waals surface area contributed by atoms with Crippen molar-refractivity contribution in [2.24, 2.45) is 11.1 Å². The van der Waals surface area contributed by atoms with Crippen molar-refractivity contribution in [1.82, 2.24) is 5.32 Å². The monoisotopic (exact) mass is 433 g/mol. The Hall–Kier alpha value is -2.57. The molecule has 0 aliphatic carbocycles. The third kappa shape index (κ3) is 8.43. The number of hydrogen-bond donors (Lipinski definition) is 3. The highest BCUT2D eigenvalue weighted by Crippen LogP contribution is 2.17. The van der Waals surface area contributed by atoms with Gasteiger partial charge in [0, 0.05) is 12.2 Å². The summed E-state index contributed by atoms with van der Waals surface area (Å²) < 4.78 is 5.53. The van der Waals surface area contributed by atoms with E-state index in [2.05, 4.69) is 10.6 Å². The Morgan fingerprint density at radius 2 is 1.63 bits per heavy atom. The van der Waals surface area contributed by atoms with E-state index in [1.165, 1.54) is 0 Å². The maximum atomic E-state index is 12.0. The molecule has 0 bridgehead atoms. The molecule has 0 heterocycles. The highest BCUT2D eigenvalue weighted by Gasteiger charge is 2.26. The van der Waals surface area contributed by atoms with Crippen molar-refractivity contribution in [3.05, 3.63) is 59.7 Å². The van der Waals surface area contributed by atoms with Gasteiger partial charge in [-0.3, -0.25) is 9.59 Å². The number of rotatable bonds is 8. The van der Waals surface area contributed by atoms with Gasteiger partial charge in [0.25, 0.3) is 5.91 Å². The molecule has 1 atom stereocenters. The minimum Gasteiger partial charge on any atom is -0.484 e. The predicted molar refractivity (Wildman–Crippen MR) is 123 cm³/mol. The molecular weight excluding hydrogens is 402 g/mol. The van der Waals surface area contributed by atoms with E-state index in [9.17, 15) is 9.59 Å². The van der Waals surface area contributed by atoms with Crippen LogP contribution in [0, 0.1) is 12.3 Å². The fourth-order valence-electron chi connectivity index (χ4n) is 2.57. The molecule has 164 valence electrons. The van der Waals surface area contributed by atoms with Crippen molar-refractivity contribution >= 4 is 29.9 Å². The molecule has 2 aromatic carbocycles. The van der Waals surface area contributed by atoms with Gasteiger partial charge in [-0.15, -0.1) is 12.4 Å². The van der Waals surface area contributed by atoms with Crippen molar-refractivity contribution in [3.63, 3.8) is 0 Å². The van der Waals surface area contributed by atoms with Crippen molar-refractivity contribution < 1.29 is 14.3 Å². The Kier molecular flexibility index (Phi) is 9.82. The van der Waals surface area contributed by atoms with E-state index in [4.69, 9.17) is 10.5 Å². The summed E-state index contributed by atoms with van der Waals surface area (Å²) in [5.41, 5.74) is 8.62. The molecule has 6 nitrogen and oxygen atoms in total. The molecule has 2 aromatic rings. The number of carbonyl (C=O) groups excluding carboxylic acids is 2. The Morgan fingerprint density at radius 3 is 2.20 bits per heavy atom. The van der Waals surface area contributed by atoms with Gasteiger partial charge < -0.3 is 21.1 Å². The Bertz CT molecular complexity index is 815. The van der Waals surface area contributed by atoms with Crippen LogP contribution >= 0.6 is 12.4 Å². The molecule has 0 aliphatic rings. The number of carbonyl (C=O) groups is 2. The van der Waals surface area contributed by atoms with Gasteiger partial charge >= 0.3 is 0 Å². The summed E-state index contributed by atoms with van der Waals surface area (Å²) in [6.45, 7) is 8.27. The van der Waals surface area contributed by atoms with E-state index in [1.807, 2.05) is 76.2 Å². The molecule has 0 fully saturated rings. The van der Waals surface area contributed by atoms with Crippen LogP contribution in [0.5, 0.6) is 5.75 Å². The van der Waals surface area contributed by atoms with Gasteiger partial charge in [-0.1, -0.05) is 50.6 Å². The average molecular weight is 434 g/mol. The summed E-state index contributed by atoms with van der Waals surface area (Å²) in [6, 6.07) is 14.5. The number of nitrogens with one attached hydrogen (secondary N) is 2. The third-order valence-corrected chi connectivity index (χ3v) is 4.56. The van der Waals surface area contributed by atoms with Gasteiger partial charge in [-0.05, 0) is 48.6 Å². The number of benzene rings is 2. The molecule has 0 saturated heterocycles. The molecule has 30 heavy (non-hydrogen) atoms. The zero-order valence-corrected chi connectivity index (χ0v) is 18.8. The molecule has 2 amide bonds. The van der Waals surface area contributed by atoms with Crippen LogP contribution < -0.4 is 21.1 Å². The van der Waals surface area contributed by atoms with Crippen LogP contribution in [-0.2, 0) is 16.0 Å². The van der Waals surface area contributed by atoms with E-state index in [1.54, 1.807) is 0 Å². The van der Waals surface area contributed by atoms with Crippen molar-refractivity contribution in [2.75, 3.05) is 18.5 Å². The second-order valence-electron chi connectivity index (χ2n) is 8.23. The maximum absolute atomic E-state index is 12.0. The molecule has 0 saturated carbocycles. The summed E-state index contributed by atoms with van der Waals surface area (Å²) in [5.74, 6) is 0.263. The first kappa shape index (κ1) is 25.5. The van der Waals surface area contributed by atoms with E-state index < -0.39 is 6.04 Å². The Morgan fingerprint density at radius 1 is 1.03 bits per heavy atom. The van der Waals surface area contributed by atoms with Gasteiger partial charge in [-0.25, -0.2) is 0 Å². The number of halogens is 1. The molecule has 0 aromatic heterocycles. The lowest BCUT2D eigenvalue weighted by Crippen LogP contribution is -2.48. The fourth-order valence-corrected chi connectivity index (χ4v) is 2.57. The van der Waals surface area contributed by atoms with Crippen molar-refractivity contribution in [3.8, 4) is 5.75 Å². The van der Waals surface area contributed by atoms with Gasteiger partial charge in [0.2, 0.25) is 5.91 Å². The second kappa shape index (κ2) is 11.6. The molecular formula is C23H32ClN3O3. The van der Waals surface area contributed by atoms with E-state index in [0.29, 0.717) is 18.7 Å². The number of amides is 2. The van der Waals surface area contributed by atoms with Crippen LogP contribution in [0.4, 0.5) is 5.69 Å². The van der Waals surface area contributed by atoms with Crippen LogP contribution in [0.2, 0.25) is 0 Å². The number of ether oxygens (including phenoxy) is 1. The van der Waals surface area contributed by atoms with Gasteiger partial charge in [-0.2, -0.15) is 0 Å². The van der Waals surface area contributed by atoms with Crippen LogP contribution in [0.15, 0.2) is 48.5 Å². The Labute approximate surface area is 185 Å². The average Bonchev–Trinajstić information content (AvgIpc) is 2.67. The van der Waals surface area contributed by atoms with Crippen LogP contribution in [-0.4, -0.2) is 31.0 Å². The highest BCUT2D eigenvalue weighted by atomic mass is 35.5. The van der Waals surface area contributed by atoms with Crippen molar-refractivity contribution in [2.45, 2.75) is 40.2 Å². The fraction of sp³-hybridized carbons (Fsp3) is 0.391. The topological polar surface area (TPSA) is 93.5 Å². The normalized spacial score (nSPS) is 11.8. The zero-order valence-electron chi connectivity index (χ0n) is 18.0. The predicted octanol–water partition coefficient (Wildman–Crippen LogP) is 3.47. The van der Waals surface area contributed by atoms with E-state index >= 15 is 0 Å². The second-order valence-corrected chi connectivity index (χ2v) is 8.23. The van der Waals surface area contributed by atoms with E-state index in [0.717, 1.165) is 16.8 Å². The standard InChI is InChI=1S/C23H31N3O3.ClH/c1-16-5-9-18(10-6-16)26-20(27)15-29-19-11-7-17(8-12-19)13-14-25-22(28)21(24)23(2,3)4;/h5-12,21H,13-15,24H2,1-4H3,(H,25,28)(H,26,27);1H/t21-;/m1./s1. The first-order valence-electron chi connectivity index (χ1n) is 9.77. The molecule has 7 heteroatoms.